The standard InChI is InChI=1S/C16H23N3O/c1-4-9-19-15-8-7-12(20-10-5-2)11-14(15)18-16(19)13(17)6-3/h4,7-8,11,13H,1,5-6,9-10,17H2,2-3H3. The van der Waals surface area contributed by atoms with Gasteiger partial charge < -0.3 is 15.0 Å². The quantitative estimate of drug-likeness (QED) is 0.786. The Morgan fingerprint density at radius 3 is 2.90 bits per heavy atom. The zero-order valence-electron chi connectivity index (χ0n) is 12.3. The molecule has 0 aliphatic carbocycles. The molecule has 20 heavy (non-hydrogen) atoms. The van der Waals surface area contributed by atoms with Crippen LogP contribution in [-0.4, -0.2) is 16.2 Å². The predicted molar refractivity (Wildman–Crippen MR) is 82.9 cm³/mol. The zero-order valence-corrected chi connectivity index (χ0v) is 12.3. The van der Waals surface area contributed by atoms with Crippen LogP contribution in [0.5, 0.6) is 5.75 Å². The van der Waals surface area contributed by atoms with Crippen LogP contribution < -0.4 is 10.5 Å². The summed E-state index contributed by atoms with van der Waals surface area (Å²) >= 11 is 0. The molecule has 1 atom stereocenters. The Balaban J connectivity index is 2.46. The molecule has 0 amide bonds. The van der Waals surface area contributed by atoms with Gasteiger partial charge in [-0.1, -0.05) is 19.9 Å². The Labute approximate surface area is 120 Å². The number of nitrogens with zero attached hydrogens (tertiary/aromatic N) is 2. The van der Waals surface area contributed by atoms with Crippen LogP contribution in [0.3, 0.4) is 0 Å². The Hall–Kier alpha value is -1.81. The summed E-state index contributed by atoms with van der Waals surface area (Å²) in [6, 6.07) is 5.96. The molecule has 2 aromatic rings. The van der Waals surface area contributed by atoms with Crippen LogP contribution in [0.15, 0.2) is 30.9 Å². The highest BCUT2D eigenvalue weighted by atomic mass is 16.5. The third kappa shape index (κ3) is 2.85. The topological polar surface area (TPSA) is 53.1 Å². The fourth-order valence-corrected chi connectivity index (χ4v) is 2.22. The van der Waals surface area contributed by atoms with E-state index in [0.717, 1.165) is 42.1 Å². The number of imidazole rings is 1. The highest BCUT2D eigenvalue weighted by Crippen LogP contribution is 2.25. The number of nitrogens with two attached hydrogens (primary N) is 1. The maximum atomic E-state index is 6.16. The van der Waals surface area contributed by atoms with Gasteiger partial charge in [0.2, 0.25) is 0 Å². The zero-order chi connectivity index (χ0) is 14.5. The molecular formula is C16H23N3O. The van der Waals surface area contributed by atoms with E-state index in [1.54, 1.807) is 0 Å². The molecule has 4 heteroatoms. The summed E-state index contributed by atoms with van der Waals surface area (Å²) in [6.07, 6.45) is 3.73. The fourth-order valence-electron chi connectivity index (χ4n) is 2.22. The Morgan fingerprint density at radius 2 is 2.25 bits per heavy atom. The van der Waals surface area contributed by atoms with Gasteiger partial charge in [0.05, 0.1) is 23.7 Å². The molecule has 108 valence electrons. The third-order valence-corrected chi connectivity index (χ3v) is 3.31. The third-order valence-electron chi connectivity index (χ3n) is 3.31. The molecule has 1 unspecified atom stereocenters. The van der Waals surface area contributed by atoms with Crippen LogP contribution in [0, 0.1) is 0 Å². The van der Waals surface area contributed by atoms with Crippen molar-refractivity contribution in [2.45, 2.75) is 39.3 Å². The lowest BCUT2D eigenvalue weighted by Gasteiger charge is -2.11. The number of ether oxygens (including phenoxy) is 1. The van der Waals surface area contributed by atoms with Crippen LogP contribution in [0.1, 0.15) is 38.6 Å². The molecule has 2 rings (SSSR count). The van der Waals surface area contributed by atoms with Crippen LogP contribution in [0.25, 0.3) is 11.0 Å². The lowest BCUT2D eigenvalue weighted by molar-refractivity contribution is 0.318. The van der Waals surface area contributed by atoms with Gasteiger partial charge in [-0.15, -0.1) is 6.58 Å². The first-order valence-electron chi connectivity index (χ1n) is 7.20. The fraction of sp³-hybridized carbons (Fsp3) is 0.438. The molecule has 2 N–H and O–H groups in total. The lowest BCUT2D eigenvalue weighted by Crippen LogP contribution is -2.15. The van der Waals surface area contributed by atoms with Crippen LogP contribution in [-0.2, 0) is 6.54 Å². The van der Waals surface area contributed by atoms with E-state index in [0.29, 0.717) is 6.54 Å². The van der Waals surface area contributed by atoms with E-state index in [2.05, 4.69) is 30.0 Å². The summed E-state index contributed by atoms with van der Waals surface area (Å²) in [5.41, 5.74) is 8.17. The van der Waals surface area contributed by atoms with E-state index >= 15 is 0 Å². The van der Waals surface area contributed by atoms with Gasteiger partial charge >= 0.3 is 0 Å². The number of aromatic nitrogens is 2. The van der Waals surface area contributed by atoms with Crippen LogP contribution >= 0.6 is 0 Å². The van der Waals surface area contributed by atoms with Crippen molar-refractivity contribution in [3.63, 3.8) is 0 Å². The maximum absolute atomic E-state index is 6.16. The average molecular weight is 273 g/mol. The van der Waals surface area contributed by atoms with Gasteiger partial charge in [-0.2, -0.15) is 0 Å². The van der Waals surface area contributed by atoms with E-state index in [9.17, 15) is 0 Å². The van der Waals surface area contributed by atoms with E-state index in [4.69, 9.17) is 10.5 Å². The maximum Gasteiger partial charge on any atom is 0.127 e. The SMILES string of the molecule is C=CCn1c(C(N)CC)nc2cc(OCCC)ccc21. The minimum absolute atomic E-state index is 0.0534. The van der Waals surface area contributed by atoms with Gasteiger partial charge in [0.25, 0.3) is 0 Å². The molecule has 1 aromatic heterocycles. The van der Waals surface area contributed by atoms with Crippen molar-refractivity contribution in [3.05, 3.63) is 36.7 Å². The van der Waals surface area contributed by atoms with E-state index in [-0.39, 0.29) is 6.04 Å². The van der Waals surface area contributed by atoms with Gasteiger partial charge in [0, 0.05) is 12.6 Å². The molecule has 0 spiro atoms. The van der Waals surface area contributed by atoms with Gasteiger partial charge in [0.15, 0.2) is 0 Å². The minimum Gasteiger partial charge on any atom is -0.494 e. The second-order valence-corrected chi connectivity index (χ2v) is 4.88. The summed E-state index contributed by atoms with van der Waals surface area (Å²) in [7, 11) is 0. The van der Waals surface area contributed by atoms with Crippen molar-refractivity contribution in [2.24, 2.45) is 5.73 Å². The number of hydrogen-bond acceptors (Lipinski definition) is 3. The average Bonchev–Trinajstić information content (AvgIpc) is 2.83. The van der Waals surface area contributed by atoms with Gasteiger partial charge in [-0.25, -0.2) is 4.98 Å². The lowest BCUT2D eigenvalue weighted by atomic mass is 10.2. The number of rotatable bonds is 7. The second kappa shape index (κ2) is 6.57. The van der Waals surface area contributed by atoms with Crippen LogP contribution in [0.4, 0.5) is 0 Å². The summed E-state index contributed by atoms with van der Waals surface area (Å²) in [5.74, 6) is 1.77. The molecule has 1 aromatic carbocycles. The summed E-state index contributed by atoms with van der Waals surface area (Å²) < 4.78 is 7.78. The predicted octanol–water partition coefficient (Wildman–Crippen LogP) is 3.42. The molecule has 1 heterocycles. The van der Waals surface area contributed by atoms with Crippen molar-refractivity contribution in [2.75, 3.05) is 6.61 Å². The van der Waals surface area contributed by atoms with Gasteiger partial charge in [-0.05, 0) is 25.0 Å². The Morgan fingerprint density at radius 1 is 1.45 bits per heavy atom. The number of allylic oxidation sites excluding steroid dienone is 1. The summed E-state index contributed by atoms with van der Waals surface area (Å²) in [6.45, 7) is 9.41. The number of fused-ring (bicyclic) bond motifs is 1. The molecule has 0 radical (unpaired) electrons. The van der Waals surface area contributed by atoms with E-state index in [1.165, 1.54) is 0 Å². The van der Waals surface area contributed by atoms with Crippen molar-refractivity contribution in [3.8, 4) is 5.75 Å². The normalized spacial score (nSPS) is 12.6. The van der Waals surface area contributed by atoms with E-state index < -0.39 is 0 Å². The Bertz CT molecular complexity index is 589. The number of benzene rings is 1. The first kappa shape index (κ1) is 14.6. The van der Waals surface area contributed by atoms with Crippen molar-refractivity contribution < 1.29 is 4.74 Å². The molecule has 4 nitrogen and oxygen atoms in total. The van der Waals surface area contributed by atoms with Crippen molar-refractivity contribution in [1.29, 1.82) is 0 Å². The monoisotopic (exact) mass is 273 g/mol. The Kier molecular flexibility index (Phi) is 4.79. The molecule has 0 bridgehead atoms. The minimum atomic E-state index is -0.0534. The first-order valence-corrected chi connectivity index (χ1v) is 7.20. The highest BCUT2D eigenvalue weighted by Gasteiger charge is 2.15. The van der Waals surface area contributed by atoms with Gasteiger partial charge in [0.1, 0.15) is 11.6 Å². The first-order chi connectivity index (χ1) is 9.71. The molecule has 0 aliphatic heterocycles. The molecular weight excluding hydrogens is 250 g/mol. The van der Waals surface area contributed by atoms with Gasteiger partial charge in [-0.3, -0.25) is 0 Å². The molecule has 0 saturated heterocycles. The summed E-state index contributed by atoms with van der Waals surface area (Å²) in [5, 5.41) is 0. The van der Waals surface area contributed by atoms with Crippen molar-refractivity contribution in [1.82, 2.24) is 9.55 Å². The molecule has 0 aliphatic rings. The molecule has 0 saturated carbocycles. The largest absolute Gasteiger partial charge is 0.494 e. The highest BCUT2D eigenvalue weighted by molar-refractivity contribution is 5.78. The summed E-state index contributed by atoms with van der Waals surface area (Å²) in [4.78, 5) is 4.68. The smallest absolute Gasteiger partial charge is 0.127 e. The van der Waals surface area contributed by atoms with Crippen LogP contribution in [0.2, 0.25) is 0 Å². The number of hydrogen-bond donors (Lipinski definition) is 1. The molecule has 0 fully saturated rings. The second-order valence-electron chi connectivity index (χ2n) is 4.88. The van der Waals surface area contributed by atoms with E-state index in [1.807, 2.05) is 24.3 Å². The van der Waals surface area contributed by atoms with Crippen molar-refractivity contribution >= 4 is 11.0 Å².